The second-order valence-corrected chi connectivity index (χ2v) is 5.43. The number of hydrogen-bond acceptors (Lipinski definition) is 6. The van der Waals surface area contributed by atoms with E-state index >= 15 is 0 Å². The molecule has 0 aliphatic carbocycles. The van der Waals surface area contributed by atoms with Crippen molar-refractivity contribution in [1.29, 1.82) is 0 Å². The van der Waals surface area contributed by atoms with Crippen LogP contribution in [0.2, 0.25) is 0 Å². The van der Waals surface area contributed by atoms with Crippen LogP contribution in [0.4, 0.5) is 8.78 Å². The number of aryl methyl sites for hydroxylation is 1. The number of benzene rings is 1. The smallest absolute Gasteiger partial charge is 0.387 e. The Morgan fingerprint density at radius 2 is 2.04 bits per heavy atom. The third kappa shape index (κ3) is 3.65. The summed E-state index contributed by atoms with van der Waals surface area (Å²) >= 11 is 1.50. The van der Waals surface area contributed by atoms with Crippen molar-refractivity contribution in [3.05, 3.63) is 42.5 Å². The van der Waals surface area contributed by atoms with Crippen LogP contribution in [0, 0.1) is 0 Å². The molecule has 0 amide bonds. The van der Waals surface area contributed by atoms with E-state index in [0.29, 0.717) is 17.3 Å². The van der Waals surface area contributed by atoms with Gasteiger partial charge in [-0.05, 0) is 34.7 Å². The first-order valence-electron chi connectivity index (χ1n) is 6.56. The van der Waals surface area contributed by atoms with Crippen molar-refractivity contribution in [3.63, 3.8) is 0 Å². The minimum atomic E-state index is -2.85. The lowest BCUT2D eigenvalue weighted by atomic mass is 10.3. The third-order valence-electron chi connectivity index (χ3n) is 2.95. The monoisotopic (exact) mass is 338 g/mol. The molecule has 120 valence electrons. The molecule has 0 N–H and O–H groups in total. The molecule has 0 spiro atoms. The molecule has 0 radical (unpaired) electrons. The number of hydrogen-bond donors (Lipinski definition) is 0. The van der Waals surface area contributed by atoms with E-state index < -0.39 is 6.61 Å². The highest BCUT2D eigenvalue weighted by atomic mass is 32.2. The second-order valence-electron chi connectivity index (χ2n) is 4.49. The van der Waals surface area contributed by atoms with Gasteiger partial charge in [0.05, 0.1) is 11.4 Å². The summed E-state index contributed by atoms with van der Waals surface area (Å²) in [6, 6.07) is 6.11. The normalized spacial score (nSPS) is 11.1. The molecule has 23 heavy (non-hydrogen) atoms. The lowest BCUT2D eigenvalue weighted by Gasteiger charge is -2.07. The molecular formula is C13H12F2N6OS. The van der Waals surface area contributed by atoms with Crippen molar-refractivity contribution in [3.8, 4) is 11.4 Å². The van der Waals surface area contributed by atoms with E-state index in [0.717, 1.165) is 5.16 Å². The molecule has 0 atom stereocenters. The van der Waals surface area contributed by atoms with Gasteiger partial charge in [0.1, 0.15) is 5.75 Å². The van der Waals surface area contributed by atoms with E-state index in [1.165, 1.54) is 23.9 Å². The summed E-state index contributed by atoms with van der Waals surface area (Å²) in [4.78, 5) is 4.22. The molecule has 0 bridgehead atoms. The summed E-state index contributed by atoms with van der Waals surface area (Å²) < 4.78 is 32.1. The summed E-state index contributed by atoms with van der Waals surface area (Å²) in [6.45, 7) is -2.85. The van der Waals surface area contributed by atoms with Gasteiger partial charge in [0.15, 0.2) is 11.0 Å². The molecular weight excluding hydrogens is 326 g/mol. The van der Waals surface area contributed by atoms with Crippen LogP contribution in [-0.4, -0.2) is 36.4 Å². The number of imidazole rings is 1. The number of halogens is 2. The van der Waals surface area contributed by atoms with Gasteiger partial charge in [-0.25, -0.2) is 4.98 Å². The van der Waals surface area contributed by atoms with E-state index in [4.69, 9.17) is 0 Å². The minimum absolute atomic E-state index is 0.0840. The predicted molar refractivity (Wildman–Crippen MR) is 78.6 cm³/mol. The zero-order valence-corrected chi connectivity index (χ0v) is 12.8. The maximum Gasteiger partial charge on any atom is 0.387 e. The zero-order valence-electron chi connectivity index (χ0n) is 12.0. The van der Waals surface area contributed by atoms with E-state index in [9.17, 15) is 8.78 Å². The molecule has 1 aromatic carbocycles. The number of rotatable bonds is 6. The van der Waals surface area contributed by atoms with Gasteiger partial charge in [-0.2, -0.15) is 13.5 Å². The Hall–Kier alpha value is -2.49. The minimum Gasteiger partial charge on any atom is -0.435 e. The molecule has 0 unspecified atom stereocenters. The van der Waals surface area contributed by atoms with E-state index in [1.54, 1.807) is 23.0 Å². The van der Waals surface area contributed by atoms with Gasteiger partial charge in [-0.15, -0.1) is 5.10 Å². The van der Waals surface area contributed by atoms with Crippen molar-refractivity contribution < 1.29 is 13.5 Å². The number of tetrazole rings is 1. The van der Waals surface area contributed by atoms with Crippen LogP contribution in [0.15, 0.2) is 41.8 Å². The van der Waals surface area contributed by atoms with Gasteiger partial charge in [-0.3, -0.25) is 0 Å². The maximum atomic E-state index is 12.2. The number of alkyl halides is 2. The maximum absolute atomic E-state index is 12.2. The number of aromatic nitrogens is 6. The van der Waals surface area contributed by atoms with E-state index in [2.05, 4.69) is 25.2 Å². The predicted octanol–water partition coefficient (Wildman–Crippen LogP) is 2.29. The SMILES string of the molecule is Cn1ccnc1SCc1nnnn1-c1ccc(OC(F)F)cc1. The molecule has 2 aromatic heterocycles. The number of ether oxygens (including phenoxy) is 1. The van der Waals surface area contributed by atoms with Crippen LogP contribution < -0.4 is 4.74 Å². The van der Waals surface area contributed by atoms with Gasteiger partial charge >= 0.3 is 6.61 Å². The number of nitrogens with zero attached hydrogens (tertiary/aromatic N) is 6. The molecule has 0 aliphatic rings. The highest BCUT2D eigenvalue weighted by molar-refractivity contribution is 7.98. The fourth-order valence-corrected chi connectivity index (χ4v) is 2.72. The van der Waals surface area contributed by atoms with Crippen molar-refractivity contribution in [2.75, 3.05) is 0 Å². The Morgan fingerprint density at radius 1 is 1.26 bits per heavy atom. The van der Waals surface area contributed by atoms with Crippen LogP contribution >= 0.6 is 11.8 Å². The second kappa shape index (κ2) is 6.73. The first-order chi connectivity index (χ1) is 11.1. The fourth-order valence-electron chi connectivity index (χ4n) is 1.89. The lowest BCUT2D eigenvalue weighted by molar-refractivity contribution is -0.0498. The Labute approximate surface area is 134 Å². The van der Waals surface area contributed by atoms with Gasteiger partial charge in [0, 0.05) is 19.4 Å². The molecule has 0 fully saturated rings. The molecule has 2 heterocycles. The van der Waals surface area contributed by atoms with Crippen LogP contribution in [0.3, 0.4) is 0 Å². The van der Waals surface area contributed by atoms with Gasteiger partial charge in [-0.1, -0.05) is 11.8 Å². The average Bonchev–Trinajstić information content (AvgIpc) is 3.14. The zero-order chi connectivity index (χ0) is 16.2. The van der Waals surface area contributed by atoms with Crippen LogP contribution in [0.25, 0.3) is 5.69 Å². The largest absolute Gasteiger partial charge is 0.435 e. The first-order valence-corrected chi connectivity index (χ1v) is 7.54. The lowest BCUT2D eigenvalue weighted by Crippen LogP contribution is -2.04. The summed E-state index contributed by atoms with van der Waals surface area (Å²) in [5, 5.41) is 12.4. The van der Waals surface area contributed by atoms with Crippen molar-refractivity contribution in [1.82, 2.24) is 29.8 Å². The van der Waals surface area contributed by atoms with Gasteiger partial charge < -0.3 is 9.30 Å². The number of thioether (sulfide) groups is 1. The summed E-state index contributed by atoms with van der Waals surface area (Å²) in [7, 11) is 1.90. The Bertz CT molecular complexity index is 773. The van der Waals surface area contributed by atoms with Crippen LogP contribution in [0.1, 0.15) is 5.82 Å². The summed E-state index contributed by atoms with van der Waals surface area (Å²) in [5.41, 5.74) is 0.659. The average molecular weight is 338 g/mol. The first kappa shape index (κ1) is 15.4. The molecule has 0 saturated carbocycles. The molecule has 3 rings (SSSR count). The molecule has 10 heteroatoms. The highest BCUT2D eigenvalue weighted by Crippen LogP contribution is 2.22. The Kier molecular flexibility index (Phi) is 4.51. The summed E-state index contributed by atoms with van der Waals surface area (Å²) in [5.74, 6) is 1.23. The van der Waals surface area contributed by atoms with Crippen molar-refractivity contribution >= 4 is 11.8 Å². The molecule has 0 aliphatic heterocycles. The Morgan fingerprint density at radius 3 is 2.70 bits per heavy atom. The topological polar surface area (TPSA) is 70.7 Å². The molecule has 0 saturated heterocycles. The Balaban J connectivity index is 1.74. The van der Waals surface area contributed by atoms with Crippen LogP contribution in [-0.2, 0) is 12.8 Å². The standard InChI is InChI=1S/C13H12F2N6OS/c1-20-7-6-16-13(20)23-8-11-17-18-19-21(11)9-2-4-10(5-3-9)22-12(14)15/h2-7,12H,8H2,1H3. The van der Waals surface area contributed by atoms with Crippen molar-refractivity contribution in [2.45, 2.75) is 17.5 Å². The van der Waals surface area contributed by atoms with E-state index in [1.807, 2.05) is 17.8 Å². The summed E-state index contributed by atoms with van der Waals surface area (Å²) in [6.07, 6.45) is 3.57. The van der Waals surface area contributed by atoms with Crippen LogP contribution in [0.5, 0.6) is 5.75 Å². The van der Waals surface area contributed by atoms with Crippen molar-refractivity contribution in [2.24, 2.45) is 7.05 Å². The van der Waals surface area contributed by atoms with Gasteiger partial charge in [0.2, 0.25) is 0 Å². The quantitative estimate of drug-likeness (QED) is 0.642. The molecule has 7 nitrogen and oxygen atoms in total. The highest BCUT2D eigenvalue weighted by Gasteiger charge is 2.11. The molecule has 3 aromatic rings. The van der Waals surface area contributed by atoms with E-state index in [-0.39, 0.29) is 5.75 Å². The third-order valence-corrected chi connectivity index (χ3v) is 4.00. The fraction of sp³-hybridized carbons (Fsp3) is 0.231. The van der Waals surface area contributed by atoms with Gasteiger partial charge in [0.25, 0.3) is 0 Å².